The van der Waals surface area contributed by atoms with E-state index in [1.807, 2.05) is 0 Å². The van der Waals surface area contributed by atoms with Gasteiger partial charge in [-0.05, 0) is 20.8 Å². The second-order valence-electron chi connectivity index (χ2n) is 4.10. The average Bonchev–Trinajstić information content (AvgIpc) is 2.19. The number of hydrogen-bond acceptors (Lipinski definition) is 4. The molecule has 0 rings (SSSR count). The van der Waals surface area contributed by atoms with Crippen LogP contribution >= 0.6 is 0 Å². The number of ether oxygens (including phenoxy) is 2. The van der Waals surface area contributed by atoms with Crippen molar-refractivity contribution in [2.45, 2.75) is 26.4 Å². The first-order chi connectivity index (χ1) is 7.85. The van der Waals surface area contributed by atoms with Crippen LogP contribution < -0.4 is 5.32 Å². The van der Waals surface area contributed by atoms with E-state index >= 15 is 0 Å². The van der Waals surface area contributed by atoms with Crippen LogP contribution in [0.5, 0.6) is 0 Å². The summed E-state index contributed by atoms with van der Waals surface area (Å²) in [5.41, 5.74) is -0.542. The Labute approximate surface area is 101 Å². The maximum absolute atomic E-state index is 11.2. The number of amides is 1. The van der Waals surface area contributed by atoms with E-state index < -0.39 is 17.7 Å². The third-order valence-corrected chi connectivity index (χ3v) is 1.31. The molecule has 1 N–H and O–H groups in total. The van der Waals surface area contributed by atoms with Gasteiger partial charge in [0, 0.05) is 12.6 Å². The summed E-state index contributed by atoms with van der Waals surface area (Å²) in [5.74, 6) is 1.62. The molecular weight excluding hydrogens is 222 g/mol. The number of carbonyl (C=O) groups is 2. The molecule has 1 amide bonds. The quantitative estimate of drug-likeness (QED) is 0.455. The predicted octanol–water partition coefficient (Wildman–Crippen LogP) is 1.24. The Hall–Kier alpha value is -1.96. The molecule has 0 saturated carbocycles. The highest BCUT2D eigenvalue weighted by Gasteiger charge is 2.14. The Kier molecular flexibility index (Phi) is 6.49. The molecule has 0 aromatic rings. The molecule has 94 valence electrons. The molecule has 0 aromatic carbocycles. The molecule has 0 spiro atoms. The number of rotatable bonds is 4. The molecule has 5 heteroatoms. The number of terminal acetylenes is 1. The lowest BCUT2D eigenvalue weighted by atomic mass is 10.2. The number of esters is 1. The second-order valence-corrected chi connectivity index (χ2v) is 4.10. The largest absolute Gasteiger partial charge is 0.449 e. The molecule has 0 fully saturated rings. The van der Waals surface area contributed by atoms with Gasteiger partial charge in [0.25, 0.3) is 0 Å². The third-order valence-electron chi connectivity index (χ3n) is 1.31. The van der Waals surface area contributed by atoms with Crippen molar-refractivity contribution in [2.75, 3.05) is 13.2 Å². The molecule has 0 atom stereocenters. The van der Waals surface area contributed by atoms with Gasteiger partial charge in [0.05, 0.1) is 0 Å². The highest BCUT2D eigenvalue weighted by molar-refractivity contribution is 5.82. The summed E-state index contributed by atoms with van der Waals surface area (Å²) < 4.78 is 9.56. The Morgan fingerprint density at radius 1 is 1.41 bits per heavy atom. The van der Waals surface area contributed by atoms with Gasteiger partial charge in [0.1, 0.15) is 5.60 Å². The van der Waals surface area contributed by atoms with Crippen LogP contribution in [0.15, 0.2) is 12.2 Å². The molecule has 0 bridgehead atoms. The van der Waals surface area contributed by atoms with Gasteiger partial charge in [0.2, 0.25) is 0 Å². The second kappa shape index (κ2) is 7.34. The first-order valence-electron chi connectivity index (χ1n) is 5.09. The molecule has 17 heavy (non-hydrogen) atoms. The molecular formula is C12H17NO4. The van der Waals surface area contributed by atoms with Crippen LogP contribution in [0.2, 0.25) is 0 Å². The summed E-state index contributed by atoms with van der Waals surface area (Å²) in [6.07, 6.45) is 7.00. The minimum absolute atomic E-state index is 0.0668. The molecule has 0 heterocycles. The monoisotopic (exact) mass is 239 g/mol. The molecule has 0 aliphatic carbocycles. The lowest BCUT2D eigenvalue weighted by Crippen LogP contribution is -2.32. The molecule has 0 radical (unpaired) electrons. The Balaban J connectivity index is 3.77. The zero-order chi connectivity index (χ0) is 13.3. The van der Waals surface area contributed by atoms with Crippen molar-refractivity contribution in [3.8, 4) is 12.3 Å². The maximum Gasteiger partial charge on any atom is 0.407 e. The highest BCUT2D eigenvalue weighted by Crippen LogP contribution is 2.05. The Bertz CT molecular complexity index is 333. The first kappa shape index (κ1) is 15.0. The van der Waals surface area contributed by atoms with Crippen molar-refractivity contribution < 1.29 is 19.1 Å². The lowest BCUT2D eigenvalue weighted by Gasteiger charge is -2.19. The van der Waals surface area contributed by atoms with E-state index in [0.717, 1.165) is 0 Å². The topological polar surface area (TPSA) is 64.6 Å². The molecule has 0 aliphatic rings. The fourth-order valence-corrected chi connectivity index (χ4v) is 0.772. The van der Waals surface area contributed by atoms with Crippen LogP contribution in [0.3, 0.4) is 0 Å². The summed E-state index contributed by atoms with van der Waals surface area (Å²) in [5, 5.41) is 2.45. The minimum atomic E-state index is -0.547. The van der Waals surface area contributed by atoms with E-state index in [1.165, 1.54) is 12.2 Å². The SMILES string of the molecule is C#CCOC(=O)/C=C/CNC(=O)OC(C)(C)C. The smallest absolute Gasteiger partial charge is 0.407 e. The number of carbonyl (C=O) groups excluding carboxylic acids is 2. The van der Waals surface area contributed by atoms with Crippen LogP contribution in [0.1, 0.15) is 20.8 Å². The molecule has 0 unspecified atom stereocenters. The van der Waals surface area contributed by atoms with E-state index in [9.17, 15) is 9.59 Å². The summed E-state index contributed by atoms with van der Waals surface area (Å²) in [4.78, 5) is 22.1. The van der Waals surface area contributed by atoms with Crippen molar-refractivity contribution in [1.29, 1.82) is 0 Å². The van der Waals surface area contributed by atoms with Gasteiger partial charge in [0.15, 0.2) is 6.61 Å². The normalized spacial score (nSPS) is 10.7. The lowest BCUT2D eigenvalue weighted by molar-refractivity contribution is -0.136. The van der Waals surface area contributed by atoms with E-state index in [4.69, 9.17) is 11.2 Å². The van der Waals surface area contributed by atoms with Crippen LogP contribution in [0.25, 0.3) is 0 Å². The van der Waals surface area contributed by atoms with E-state index in [0.29, 0.717) is 0 Å². The van der Waals surface area contributed by atoms with Gasteiger partial charge in [-0.2, -0.15) is 0 Å². The van der Waals surface area contributed by atoms with Crippen molar-refractivity contribution in [3.05, 3.63) is 12.2 Å². The molecule has 0 aliphatic heterocycles. The average molecular weight is 239 g/mol. The summed E-state index contributed by atoms with van der Waals surface area (Å²) in [6.45, 7) is 5.40. The van der Waals surface area contributed by atoms with Crippen molar-refractivity contribution in [1.82, 2.24) is 5.32 Å². The number of hydrogen-bond donors (Lipinski definition) is 1. The van der Waals surface area contributed by atoms with Crippen molar-refractivity contribution in [3.63, 3.8) is 0 Å². The van der Waals surface area contributed by atoms with Gasteiger partial charge < -0.3 is 14.8 Å². The van der Waals surface area contributed by atoms with E-state index in [2.05, 4.69) is 16.0 Å². The van der Waals surface area contributed by atoms with Crippen LogP contribution in [0, 0.1) is 12.3 Å². The fraction of sp³-hybridized carbons (Fsp3) is 0.500. The van der Waals surface area contributed by atoms with Gasteiger partial charge in [-0.1, -0.05) is 12.0 Å². The summed E-state index contributed by atoms with van der Waals surface area (Å²) >= 11 is 0. The number of nitrogens with one attached hydrogen (secondary N) is 1. The van der Waals surface area contributed by atoms with E-state index in [1.54, 1.807) is 20.8 Å². The highest BCUT2D eigenvalue weighted by atomic mass is 16.6. The summed E-state index contributed by atoms with van der Waals surface area (Å²) in [7, 11) is 0. The van der Waals surface area contributed by atoms with Crippen molar-refractivity contribution >= 4 is 12.1 Å². The number of alkyl carbamates (subject to hydrolysis) is 1. The Morgan fingerprint density at radius 3 is 2.59 bits per heavy atom. The van der Waals surface area contributed by atoms with Gasteiger partial charge in [-0.25, -0.2) is 9.59 Å². The van der Waals surface area contributed by atoms with Gasteiger partial charge in [-0.15, -0.1) is 6.42 Å². The minimum Gasteiger partial charge on any atom is -0.449 e. The first-order valence-corrected chi connectivity index (χ1v) is 5.09. The van der Waals surface area contributed by atoms with E-state index in [-0.39, 0.29) is 13.2 Å². The predicted molar refractivity (Wildman–Crippen MR) is 63.2 cm³/mol. The third kappa shape index (κ3) is 10.3. The fourth-order valence-electron chi connectivity index (χ4n) is 0.772. The summed E-state index contributed by atoms with van der Waals surface area (Å²) in [6, 6.07) is 0. The molecule has 0 saturated heterocycles. The van der Waals surface area contributed by atoms with Crippen LogP contribution in [-0.4, -0.2) is 30.8 Å². The Morgan fingerprint density at radius 2 is 2.06 bits per heavy atom. The van der Waals surface area contributed by atoms with Gasteiger partial charge >= 0.3 is 12.1 Å². The maximum atomic E-state index is 11.2. The van der Waals surface area contributed by atoms with Crippen LogP contribution in [-0.2, 0) is 14.3 Å². The molecule has 0 aromatic heterocycles. The zero-order valence-electron chi connectivity index (χ0n) is 10.3. The molecule has 5 nitrogen and oxygen atoms in total. The standard InChI is InChI=1S/C12H17NO4/c1-5-9-16-10(14)7-6-8-13-11(15)17-12(2,3)4/h1,6-7H,8-9H2,2-4H3,(H,13,15)/b7-6+. The van der Waals surface area contributed by atoms with Gasteiger partial charge in [-0.3, -0.25) is 0 Å². The van der Waals surface area contributed by atoms with Crippen LogP contribution in [0.4, 0.5) is 4.79 Å². The van der Waals surface area contributed by atoms with Crippen molar-refractivity contribution in [2.24, 2.45) is 0 Å². The zero-order valence-corrected chi connectivity index (χ0v) is 10.3.